The zero-order chi connectivity index (χ0) is 13.6. The Morgan fingerprint density at radius 1 is 1.47 bits per heavy atom. The number of nitrogens with zero attached hydrogens (tertiary/aromatic N) is 1. The molecule has 1 aromatic rings. The third-order valence-corrected chi connectivity index (χ3v) is 4.77. The largest absolute Gasteiger partial charge is 0.481 e. The van der Waals surface area contributed by atoms with Crippen molar-refractivity contribution >= 4 is 11.9 Å². The predicted octanol–water partition coefficient (Wildman–Crippen LogP) is 1.65. The number of aliphatic carboxylic acids is 1. The number of carboxylic acid groups (broad SMARTS) is 1. The van der Waals surface area contributed by atoms with E-state index in [1.54, 1.807) is 17.3 Å². The zero-order valence-electron chi connectivity index (χ0n) is 11.0. The van der Waals surface area contributed by atoms with Gasteiger partial charge in [-0.05, 0) is 31.2 Å². The summed E-state index contributed by atoms with van der Waals surface area (Å²) in [7, 11) is 0. The van der Waals surface area contributed by atoms with Crippen LogP contribution in [0.5, 0.6) is 0 Å². The van der Waals surface area contributed by atoms with Crippen LogP contribution in [0.4, 0.5) is 0 Å². The highest BCUT2D eigenvalue weighted by atomic mass is 16.4. The zero-order valence-corrected chi connectivity index (χ0v) is 11.0. The fourth-order valence-corrected chi connectivity index (χ4v) is 3.64. The molecule has 1 aliphatic carbocycles. The second kappa shape index (κ2) is 4.11. The van der Waals surface area contributed by atoms with Gasteiger partial charge in [0.05, 0.1) is 11.0 Å². The van der Waals surface area contributed by atoms with E-state index in [9.17, 15) is 14.7 Å². The Morgan fingerprint density at radius 3 is 2.84 bits per heavy atom. The van der Waals surface area contributed by atoms with E-state index in [-0.39, 0.29) is 11.8 Å². The van der Waals surface area contributed by atoms with Gasteiger partial charge in [0.15, 0.2) is 0 Å². The molecule has 1 saturated heterocycles. The maximum atomic E-state index is 12.4. The van der Waals surface area contributed by atoms with Gasteiger partial charge in [0.1, 0.15) is 0 Å². The van der Waals surface area contributed by atoms with Crippen molar-refractivity contribution in [2.45, 2.75) is 26.2 Å². The van der Waals surface area contributed by atoms with Gasteiger partial charge >= 0.3 is 5.97 Å². The molecule has 3 rings (SSSR count). The van der Waals surface area contributed by atoms with Crippen LogP contribution in [0.1, 0.15) is 35.2 Å². The fraction of sp³-hybridized carbons (Fsp3) is 0.571. The molecule has 0 bridgehead atoms. The first kappa shape index (κ1) is 12.3. The molecule has 2 aliphatic rings. The Labute approximate surface area is 111 Å². The second-order valence-corrected chi connectivity index (χ2v) is 5.79. The molecule has 0 radical (unpaired) electrons. The van der Waals surface area contributed by atoms with Crippen molar-refractivity contribution in [2.75, 3.05) is 13.1 Å². The molecule has 1 saturated carbocycles. The molecular weight excluding hydrogens is 244 g/mol. The number of hydrogen-bond acceptors (Lipinski definition) is 2. The number of aromatic amines is 1. The number of amides is 1. The lowest BCUT2D eigenvalue weighted by atomic mass is 9.81. The summed E-state index contributed by atoms with van der Waals surface area (Å²) in [6, 6.07) is 0. The minimum Gasteiger partial charge on any atom is -0.481 e. The Kier molecular flexibility index (Phi) is 2.66. The van der Waals surface area contributed by atoms with Crippen LogP contribution < -0.4 is 0 Å². The van der Waals surface area contributed by atoms with Crippen molar-refractivity contribution in [3.63, 3.8) is 0 Å². The average Bonchev–Trinajstić information content (AvgIpc) is 3.00. The smallest absolute Gasteiger partial charge is 0.311 e. The van der Waals surface area contributed by atoms with E-state index in [1.165, 1.54) is 0 Å². The van der Waals surface area contributed by atoms with E-state index in [2.05, 4.69) is 4.98 Å². The summed E-state index contributed by atoms with van der Waals surface area (Å²) in [6.07, 6.45) is 6.06. The summed E-state index contributed by atoms with van der Waals surface area (Å²) in [4.78, 5) is 28.7. The molecule has 1 aliphatic heterocycles. The minimum atomic E-state index is -0.740. The summed E-state index contributed by atoms with van der Waals surface area (Å²) in [5.74, 6) is -0.668. The van der Waals surface area contributed by atoms with E-state index in [1.807, 2.05) is 6.92 Å². The number of hydrogen-bond donors (Lipinski definition) is 2. The topological polar surface area (TPSA) is 73.4 Å². The first-order chi connectivity index (χ1) is 9.04. The molecule has 0 unspecified atom stereocenters. The molecule has 2 atom stereocenters. The van der Waals surface area contributed by atoms with Gasteiger partial charge in [-0.1, -0.05) is 6.42 Å². The molecular formula is C14H18N2O3. The fourth-order valence-electron chi connectivity index (χ4n) is 3.64. The van der Waals surface area contributed by atoms with E-state index in [4.69, 9.17) is 0 Å². The second-order valence-electron chi connectivity index (χ2n) is 5.79. The van der Waals surface area contributed by atoms with Crippen molar-refractivity contribution in [3.8, 4) is 0 Å². The van der Waals surface area contributed by atoms with E-state index in [0.717, 1.165) is 18.4 Å². The number of carboxylic acids is 1. The maximum absolute atomic E-state index is 12.4. The van der Waals surface area contributed by atoms with Crippen LogP contribution in [0.25, 0.3) is 0 Å². The van der Waals surface area contributed by atoms with Crippen LogP contribution in [0.15, 0.2) is 12.4 Å². The standard InChI is InChI=1S/C14H18N2O3/c1-9-5-15-6-11(9)12(17)16-7-10-3-2-4-14(10,8-16)13(18)19/h5-6,10,15H,2-4,7-8H2,1H3,(H,18,19)/t10-,14+/m0/s1. The molecule has 0 aromatic carbocycles. The van der Waals surface area contributed by atoms with Gasteiger partial charge < -0.3 is 15.0 Å². The SMILES string of the molecule is Cc1c[nH]cc1C(=O)N1C[C@@H]2CCC[C@@]2(C(=O)O)C1. The van der Waals surface area contributed by atoms with Gasteiger partial charge in [-0.25, -0.2) is 0 Å². The molecule has 5 heteroatoms. The number of fused-ring (bicyclic) bond motifs is 1. The predicted molar refractivity (Wildman–Crippen MR) is 68.8 cm³/mol. The van der Waals surface area contributed by atoms with Crippen molar-refractivity contribution in [1.29, 1.82) is 0 Å². The van der Waals surface area contributed by atoms with Gasteiger partial charge in [-0.15, -0.1) is 0 Å². The van der Waals surface area contributed by atoms with Crippen LogP contribution in [-0.4, -0.2) is 40.0 Å². The number of nitrogens with one attached hydrogen (secondary N) is 1. The van der Waals surface area contributed by atoms with Gasteiger partial charge in [-0.3, -0.25) is 9.59 Å². The first-order valence-corrected chi connectivity index (χ1v) is 6.70. The van der Waals surface area contributed by atoms with Crippen LogP contribution >= 0.6 is 0 Å². The quantitative estimate of drug-likeness (QED) is 0.851. The lowest BCUT2D eigenvalue weighted by molar-refractivity contribution is -0.149. The van der Waals surface area contributed by atoms with E-state index < -0.39 is 11.4 Å². The van der Waals surface area contributed by atoms with Crippen LogP contribution in [0, 0.1) is 18.3 Å². The lowest BCUT2D eigenvalue weighted by Crippen LogP contribution is -2.37. The lowest BCUT2D eigenvalue weighted by Gasteiger charge is -2.23. The summed E-state index contributed by atoms with van der Waals surface area (Å²) < 4.78 is 0. The third-order valence-electron chi connectivity index (χ3n) is 4.77. The molecule has 5 nitrogen and oxygen atoms in total. The molecule has 1 amide bonds. The highest BCUT2D eigenvalue weighted by Crippen LogP contribution is 2.49. The molecule has 1 aromatic heterocycles. The molecule has 102 valence electrons. The average molecular weight is 262 g/mol. The molecule has 19 heavy (non-hydrogen) atoms. The number of aromatic nitrogens is 1. The summed E-state index contributed by atoms with van der Waals surface area (Å²) in [5.41, 5.74) is 0.867. The summed E-state index contributed by atoms with van der Waals surface area (Å²) >= 11 is 0. The molecule has 2 fully saturated rings. The van der Waals surface area contributed by atoms with Crippen LogP contribution in [0.3, 0.4) is 0 Å². The highest BCUT2D eigenvalue weighted by Gasteiger charge is 2.55. The third kappa shape index (κ3) is 1.68. The van der Waals surface area contributed by atoms with Crippen molar-refractivity contribution in [2.24, 2.45) is 11.3 Å². The van der Waals surface area contributed by atoms with Crippen LogP contribution in [-0.2, 0) is 4.79 Å². The van der Waals surface area contributed by atoms with Gasteiger partial charge in [0.25, 0.3) is 5.91 Å². The first-order valence-electron chi connectivity index (χ1n) is 6.70. The molecule has 2 N–H and O–H groups in total. The Hall–Kier alpha value is -1.78. The van der Waals surface area contributed by atoms with E-state index in [0.29, 0.717) is 25.1 Å². The number of likely N-dealkylation sites (tertiary alicyclic amines) is 1. The highest BCUT2D eigenvalue weighted by molar-refractivity contribution is 5.96. The minimum absolute atomic E-state index is 0.0474. The Balaban J connectivity index is 1.85. The van der Waals surface area contributed by atoms with Crippen LogP contribution in [0.2, 0.25) is 0 Å². The number of H-pyrrole nitrogens is 1. The molecule has 0 spiro atoms. The number of rotatable bonds is 2. The summed E-state index contributed by atoms with van der Waals surface area (Å²) in [5, 5.41) is 9.51. The van der Waals surface area contributed by atoms with E-state index >= 15 is 0 Å². The van der Waals surface area contributed by atoms with Crippen molar-refractivity contribution in [3.05, 3.63) is 23.5 Å². The number of carbonyl (C=O) groups is 2. The van der Waals surface area contributed by atoms with Crippen molar-refractivity contribution < 1.29 is 14.7 Å². The normalized spacial score (nSPS) is 29.5. The Morgan fingerprint density at radius 2 is 2.26 bits per heavy atom. The van der Waals surface area contributed by atoms with Gasteiger partial charge in [0.2, 0.25) is 0 Å². The monoisotopic (exact) mass is 262 g/mol. The number of carbonyl (C=O) groups excluding carboxylic acids is 1. The maximum Gasteiger partial charge on any atom is 0.311 e. The molecule has 2 heterocycles. The summed E-state index contributed by atoms with van der Waals surface area (Å²) in [6.45, 7) is 2.82. The Bertz CT molecular complexity index is 537. The van der Waals surface area contributed by atoms with Crippen molar-refractivity contribution in [1.82, 2.24) is 9.88 Å². The van der Waals surface area contributed by atoms with Gasteiger partial charge in [-0.2, -0.15) is 0 Å². The van der Waals surface area contributed by atoms with Gasteiger partial charge in [0, 0.05) is 25.5 Å². The number of aryl methyl sites for hydroxylation is 1.